The minimum atomic E-state index is -0.538. The van der Waals surface area contributed by atoms with Gasteiger partial charge in [-0.2, -0.15) is 0 Å². The van der Waals surface area contributed by atoms with E-state index >= 15 is 0 Å². The van der Waals surface area contributed by atoms with Crippen molar-refractivity contribution in [3.63, 3.8) is 0 Å². The molecule has 2 aromatic carbocycles. The van der Waals surface area contributed by atoms with Crippen LogP contribution in [0, 0.1) is 5.92 Å². The van der Waals surface area contributed by atoms with Crippen LogP contribution in [0.25, 0.3) is 0 Å². The number of benzene rings is 2. The molecule has 2 aromatic rings. The lowest BCUT2D eigenvalue weighted by molar-refractivity contribution is 0.216. The average Bonchev–Trinajstić information content (AvgIpc) is 2.71. The van der Waals surface area contributed by atoms with Gasteiger partial charge < -0.3 is 5.11 Å². The summed E-state index contributed by atoms with van der Waals surface area (Å²) in [5.74, 6) is 1.72. The van der Waals surface area contributed by atoms with Gasteiger partial charge in [0.05, 0.1) is 0 Å². The molecule has 2 heteroatoms. The number of thioether (sulfide) groups is 1. The van der Waals surface area contributed by atoms with E-state index in [0.717, 1.165) is 16.9 Å². The SMILES string of the molecule is C=C(C)C(C)C(C)c1cccc2c1SCc1ccccc1C2O. The average molecular weight is 324 g/mol. The molecule has 3 unspecified atom stereocenters. The van der Waals surface area contributed by atoms with E-state index in [2.05, 4.69) is 57.7 Å². The second-order valence-electron chi connectivity index (χ2n) is 6.58. The van der Waals surface area contributed by atoms with Crippen molar-refractivity contribution in [2.45, 2.75) is 43.4 Å². The molecule has 1 heterocycles. The molecule has 120 valence electrons. The van der Waals surface area contributed by atoms with Gasteiger partial charge in [-0.15, -0.1) is 11.8 Å². The zero-order valence-corrected chi connectivity index (χ0v) is 14.9. The fourth-order valence-corrected chi connectivity index (χ4v) is 4.59. The summed E-state index contributed by atoms with van der Waals surface area (Å²) in [6.45, 7) is 10.7. The minimum Gasteiger partial charge on any atom is -0.384 e. The fourth-order valence-electron chi connectivity index (χ4n) is 3.26. The van der Waals surface area contributed by atoms with Crippen LogP contribution in [-0.4, -0.2) is 5.11 Å². The maximum absolute atomic E-state index is 10.9. The minimum absolute atomic E-state index is 0.392. The topological polar surface area (TPSA) is 20.2 Å². The van der Waals surface area contributed by atoms with Crippen molar-refractivity contribution < 1.29 is 5.11 Å². The Bertz CT molecular complexity index is 734. The van der Waals surface area contributed by atoms with Gasteiger partial charge >= 0.3 is 0 Å². The highest BCUT2D eigenvalue weighted by atomic mass is 32.2. The quantitative estimate of drug-likeness (QED) is 0.732. The van der Waals surface area contributed by atoms with E-state index in [0.29, 0.717) is 11.8 Å². The standard InChI is InChI=1S/C21H24OS/c1-13(2)14(3)15(4)17-10-7-11-19-20(22)18-9-6-5-8-16(18)12-23-21(17)19/h5-11,14-15,20,22H,1,12H2,2-4H3. The van der Waals surface area contributed by atoms with Crippen molar-refractivity contribution in [2.24, 2.45) is 5.92 Å². The normalized spacial score (nSPS) is 19.2. The van der Waals surface area contributed by atoms with E-state index in [-0.39, 0.29) is 0 Å². The maximum Gasteiger partial charge on any atom is 0.105 e. The van der Waals surface area contributed by atoms with Crippen LogP contribution in [0.3, 0.4) is 0 Å². The van der Waals surface area contributed by atoms with Crippen molar-refractivity contribution in [2.75, 3.05) is 0 Å². The molecular weight excluding hydrogens is 300 g/mol. The zero-order valence-electron chi connectivity index (χ0n) is 14.0. The summed E-state index contributed by atoms with van der Waals surface area (Å²) in [5.41, 5.74) is 5.84. The first kappa shape index (κ1) is 16.4. The van der Waals surface area contributed by atoms with E-state index in [1.54, 1.807) is 0 Å². The van der Waals surface area contributed by atoms with E-state index in [1.807, 2.05) is 23.9 Å². The van der Waals surface area contributed by atoms with Gasteiger partial charge in [0.1, 0.15) is 6.10 Å². The second-order valence-corrected chi connectivity index (χ2v) is 7.56. The van der Waals surface area contributed by atoms with Crippen LogP contribution in [0.2, 0.25) is 0 Å². The molecule has 3 rings (SSSR count). The van der Waals surface area contributed by atoms with E-state index in [9.17, 15) is 5.11 Å². The number of hydrogen-bond acceptors (Lipinski definition) is 2. The number of aliphatic hydroxyl groups is 1. The Kier molecular flexibility index (Phi) is 4.65. The summed E-state index contributed by atoms with van der Waals surface area (Å²) in [6.07, 6.45) is -0.538. The Morgan fingerprint density at radius 3 is 2.57 bits per heavy atom. The van der Waals surface area contributed by atoms with Crippen molar-refractivity contribution in [1.82, 2.24) is 0 Å². The molecule has 1 N–H and O–H groups in total. The van der Waals surface area contributed by atoms with Crippen LogP contribution >= 0.6 is 11.8 Å². The molecule has 0 bridgehead atoms. The summed E-state index contributed by atoms with van der Waals surface area (Å²) in [4.78, 5) is 1.25. The molecule has 0 radical (unpaired) electrons. The van der Waals surface area contributed by atoms with Crippen LogP contribution < -0.4 is 0 Å². The predicted molar refractivity (Wildman–Crippen MR) is 98.9 cm³/mol. The van der Waals surface area contributed by atoms with Gasteiger partial charge in [0.25, 0.3) is 0 Å². The van der Waals surface area contributed by atoms with Crippen molar-refractivity contribution in [3.05, 3.63) is 76.9 Å². The molecule has 1 aliphatic rings. The van der Waals surface area contributed by atoms with Gasteiger partial charge in [0.15, 0.2) is 0 Å². The van der Waals surface area contributed by atoms with Crippen LogP contribution in [0.5, 0.6) is 0 Å². The lowest BCUT2D eigenvalue weighted by atomic mass is 9.83. The highest BCUT2D eigenvalue weighted by molar-refractivity contribution is 7.98. The summed E-state index contributed by atoms with van der Waals surface area (Å²) in [7, 11) is 0. The number of fused-ring (bicyclic) bond motifs is 2. The molecule has 0 fully saturated rings. The number of allylic oxidation sites excluding steroid dienone is 1. The largest absolute Gasteiger partial charge is 0.384 e. The Labute approximate surface area is 143 Å². The smallest absolute Gasteiger partial charge is 0.105 e. The van der Waals surface area contributed by atoms with Gasteiger partial charge in [0.2, 0.25) is 0 Å². The van der Waals surface area contributed by atoms with Crippen LogP contribution in [0.4, 0.5) is 0 Å². The van der Waals surface area contributed by atoms with Crippen LogP contribution in [0.15, 0.2) is 59.5 Å². The third-order valence-corrected chi connectivity index (χ3v) is 6.33. The summed E-state index contributed by atoms with van der Waals surface area (Å²) >= 11 is 1.85. The maximum atomic E-state index is 10.9. The van der Waals surface area contributed by atoms with Crippen LogP contribution in [-0.2, 0) is 5.75 Å². The molecule has 1 aliphatic heterocycles. The number of aliphatic hydroxyl groups excluding tert-OH is 1. The van der Waals surface area contributed by atoms with Crippen molar-refractivity contribution in [3.8, 4) is 0 Å². The Hall–Kier alpha value is -1.51. The first-order chi connectivity index (χ1) is 11.0. The first-order valence-corrected chi connectivity index (χ1v) is 9.16. The van der Waals surface area contributed by atoms with Crippen molar-refractivity contribution in [1.29, 1.82) is 0 Å². The van der Waals surface area contributed by atoms with Gasteiger partial charge in [-0.25, -0.2) is 0 Å². The molecule has 0 saturated heterocycles. The summed E-state index contributed by atoms with van der Waals surface area (Å²) in [5, 5.41) is 10.9. The zero-order chi connectivity index (χ0) is 16.6. The molecule has 23 heavy (non-hydrogen) atoms. The summed E-state index contributed by atoms with van der Waals surface area (Å²) in [6, 6.07) is 14.6. The number of rotatable bonds is 3. The third-order valence-electron chi connectivity index (χ3n) is 5.11. The Morgan fingerprint density at radius 2 is 1.83 bits per heavy atom. The molecule has 0 aromatic heterocycles. The molecule has 0 spiro atoms. The van der Waals surface area contributed by atoms with E-state index in [1.165, 1.54) is 21.6 Å². The van der Waals surface area contributed by atoms with E-state index < -0.39 is 6.10 Å². The molecule has 0 saturated carbocycles. The van der Waals surface area contributed by atoms with Gasteiger partial charge in [-0.05, 0) is 41.0 Å². The van der Waals surface area contributed by atoms with Crippen molar-refractivity contribution >= 4 is 11.8 Å². The second kappa shape index (κ2) is 6.54. The fraction of sp³-hybridized carbons (Fsp3) is 0.333. The Morgan fingerprint density at radius 1 is 1.13 bits per heavy atom. The molecule has 0 aliphatic carbocycles. The highest BCUT2D eigenvalue weighted by Gasteiger charge is 2.26. The molecule has 3 atom stereocenters. The molecule has 0 amide bonds. The van der Waals surface area contributed by atoms with Gasteiger partial charge in [-0.3, -0.25) is 0 Å². The third kappa shape index (κ3) is 2.98. The molecule has 1 nitrogen and oxygen atoms in total. The Balaban J connectivity index is 2.08. The number of hydrogen-bond donors (Lipinski definition) is 1. The first-order valence-electron chi connectivity index (χ1n) is 8.17. The monoisotopic (exact) mass is 324 g/mol. The van der Waals surface area contributed by atoms with Gasteiger partial charge in [0, 0.05) is 10.6 Å². The lowest BCUT2D eigenvalue weighted by Crippen LogP contribution is -2.10. The highest BCUT2D eigenvalue weighted by Crippen LogP contribution is 2.44. The van der Waals surface area contributed by atoms with Gasteiger partial charge in [-0.1, -0.05) is 68.5 Å². The predicted octanol–water partition coefficient (Wildman–Crippen LogP) is 5.69. The summed E-state index contributed by atoms with van der Waals surface area (Å²) < 4.78 is 0. The molecular formula is C21H24OS. The van der Waals surface area contributed by atoms with E-state index in [4.69, 9.17) is 0 Å². The lowest BCUT2D eigenvalue weighted by Gasteiger charge is -2.24. The van der Waals surface area contributed by atoms with Crippen LogP contribution in [0.1, 0.15) is 55.0 Å².